The molecule has 4 nitrogen and oxygen atoms in total. The van der Waals surface area contributed by atoms with E-state index in [1.165, 1.54) is 25.3 Å². The minimum absolute atomic E-state index is 0.133. The second-order valence-corrected chi connectivity index (χ2v) is 6.68. The fourth-order valence-electron chi connectivity index (χ4n) is 2.72. The summed E-state index contributed by atoms with van der Waals surface area (Å²) >= 11 is 11.9. The Hall–Kier alpha value is -1.26. The van der Waals surface area contributed by atoms with Gasteiger partial charge in [-0.05, 0) is 37.8 Å². The van der Waals surface area contributed by atoms with Crippen LogP contribution in [0.25, 0.3) is 0 Å². The second-order valence-electron chi connectivity index (χ2n) is 5.90. The van der Waals surface area contributed by atoms with E-state index in [9.17, 15) is 9.59 Å². The first-order valence-electron chi connectivity index (χ1n) is 7.91. The summed E-state index contributed by atoms with van der Waals surface area (Å²) < 4.78 is 5.18. The number of benzene rings is 1. The second kappa shape index (κ2) is 8.55. The molecule has 1 amide bonds. The molecule has 2 rings (SSSR count). The lowest BCUT2D eigenvalue weighted by molar-refractivity contribution is -0.129. The predicted octanol–water partition coefficient (Wildman–Crippen LogP) is 4.24. The van der Waals surface area contributed by atoms with Crippen LogP contribution in [-0.4, -0.2) is 24.5 Å². The highest BCUT2D eigenvalue weighted by atomic mass is 35.5. The molecule has 1 aromatic rings. The molecule has 6 heteroatoms. The fraction of sp³-hybridized carbons (Fsp3) is 0.529. The number of carbonyl (C=O) groups is 2. The summed E-state index contributed by atoms with van der Waals surface area (Å²) in [6.45, 7) is 2.19. The zero-order valence-corrected chi connectivity index (χ0v) is 14.6. The van der Waals surface area contributed by atoms with Gasteiger partial charge in [-0.1, -0.05) is 48.5 Å². The van der Waals surface area contributed by atoms with Crippen LogP contribution in [0.3, 0.4) is 0 Å². The molecule has 0 spiro atoms. The highest BCUT2D eigenvalue weighted by Crippen LogP contribution is 2.26. The van der Waals surface area contributed by atoms with E-state index in [1.54, 1.807) is 19.1 Å². The van der Waals surface area contributed by atoms with Gasteiger partial charge in [0.1, 0.15) is 0 Å². The summed E-state index contributed by atoms with van der Waals surface area (Å²) in [6, 6.07) is 4.71. The SMILES string of the molecule is CC(OC(=O)c1cccc(Cl)c1Cl)C(=O)NCC1CCCCC1. The fourth-order valence-corrected chi connectivity index (χ4v) is 3.10. The lowest BCUT2D eigenvalue weighted by Gasteiger charge is -2.22. The van der Waals surface area contributed by atoms with Gasteiger partial charge >= 0.3 is 5.97 Å². The Kier molecular flexibility index (Phi) is 6.72. The maximum Gasteiger partial charge on any atom is 0.340 e. The van der Waals surface area contributed by atoms with Gasteiger partial charge in [-0.2, -0.15) is 0 Å². The van der Waals surface area contributed by atoms with E-state index in [4.69, 9.17) is 27.9 Å². The van der Waals surface area contributed by atoms with Gasteiger partial charge in [0.15, 0.2) is 6.10 Å². The third-order valence-electron chi connectivity index (χ3n) is 4.11. The smallest absolute Gasteiger partial charge is 0.340 e. The highest BCUT2D eigenvalue weighted by molar-refractivity contribution is 6.43. The number of halogens is 2. The maximum absolute atomic E-state index is 12.1. The molecule has 1 saturated carbocycles. The van der Waals surface area contributed by atoms with Crippen molar-refractivity contribution >= 4 is 35.1 Å². The lowest BCUT2D eigenvalue weighted by Crippen LogP contribution is -2.38. The molecule has 0 aliphatic heterocycles. The highest BCUT2D eigenvalue weighted by Gasteiger charge is 2.22. The lowest BCUT2D eigenvalue weighted by atomic mass is 9.89. The molecule has 1 fully saturated rings. The number of ether oxygens (including phenoxy) is 1. The maximum atomic E-state index is 12.1. The van der Waals surface area contributed by atoms with E-state index in [-0.39, 0.29) is 21.5 Å². The van der Waals surface area contributed by atoms with Gasteiger partial charge in [-0.3, -0.25) is 4.79 Å². The molecule has 1 aliphatic carbocycles. The predicted molar refractivity (Wildman–Crippen MR) is 90.9 cm³/mol. The number of hydrogen-bond acceptors (Lipinski definition) is 3. The summed E-state index contributed by atoms with van der Waals surface area (Å²) in [5, 5.41) is 3.27. The number of hydrogen-bond donors (Lipinski definition) is 1. The Labute approximate surface area is 146 Å². The molecule has 1 aliphatic rings. The Morgan fingerprint density at radius 1 is 1.26 bits per heavy atom. The van der Waals surface area contributed by atoms with Crippen LogP contribution in [0, 0.1) is 5.92 Å². The molecular weight excluding hydrogens is 337 g/mol. The molecule has 1 atom stereocenters. The Morgan fingerprint density at radius 3 is 2.65 bits per heavy atom. The Balaban J connectivity index is 1.85. The van der Waals surface area contributed by atoms with E-state index in [0.29, 0.717) is 12.5 Å². The van der Waals surface area contributed by atoms with Crippen LogP contribution < -0.4 is 5.32 Å². The Bertz CT molecular complexity index is 571. The van der Waals surface area contributed by atoms with Crippen molar-refractivity contribution in [3.8, 4) is 0 Å². The average molecular weight is 358 g/mol. The van der Waals surface area contributed by atoms with Gasteiger partial charge in [0.05, 0.1) is 15.6 Å². The summed E-state index contributed by atoms with van der Waals surface area (Å²) in [7, 11) is 0. The first-order chi connectivity index (χ1) is 11.0. The monoisotopic (exact) mass is 357 g/mol. The summed E-state index contributed by atoms with van der Waals surface area (Å²) in [6.07, 6.45) is 5.13. The van der Waals surface area contributed by atoms with Crippen molar-refractivity contribution in [2.75, 3.05) is 6.54 Å². The number of nitrogens with one attached hydrogen (secondary N) is 1. The average Bonchev–Trinajstić information content (AvgIpc) is 2.55. The van der Waals surface area contributed by atoms with E-state index in [1.807, 2.05) is 0 Å². The van der Waals surface area contributed by atoms with Crippen molar-refractivity contribution in [2.24, 2.45) is 5.92 Å². The van der Waals surface area contributed by atoms with Gasteiger partial charge in [-0.25, -0.2) is 4.79 Å². The zero-order chi connectivity index (χ0) is 16.8. The summed E-state index contributed by atoms with van der Waals surface area (Å²) in [5.74, 6) is -0.419. The number of amides is 1. The van der Waals surface area contributed by atoms with Crippen LogP contribution in [0.1, 0.15) is 49.4 Å². The van der Waals surface area contributed by atoms with E-state index in [0.717, 1.165) is 12.8 Å². The normalized spacial score (nSPS) is 16.7. The van der Waals surface area contributed by atoms with Gasteiger partial charge in [0.2, 0.25) is 0 Å². The number of esters is 1. The molecule has 0 bridgehead atoms. The van der Waals surface area contributed by atoms with Crippen molar-refractivity contribution in [3.05, 3.63) is 33.8 Å². The van der Waals surface area contributed by atoms with Crippen LogP contribution in [0.5, 0.6) is 0 Å². The van der Waals surface area contributed by atoms with Crippen LogP contribution in [0.4, 0.5) is 0 Å². The van der Waals surface area contributed by atoms with Crippen molar-refractivity contribution in [3.63, 3.8) is 0 Å². The van der Waals surface area contributed by atoms with Crippen LogP contribution in [-0.2, 0) is 9.53 Å². The minimum Gasteiger partial charge on any atom is -0.449 e. The van der Waals surface area contributed by atoms with Crippen LogP contribution in [0.15, 0.2) is 18.2 Å². The van der Waals surface area contributed by atoms with Gasteiger partial charge < -0.3 is 10.1 Å². The van der Waals surface area contributed by atoms with Gasteiger partial charge in [0, 0.05) is 6.54 Å². The third-order valence-corrected chi connectivity index (χ3v) is 4.93. The van der Waals surface area contributed by atoms with Gasteiger partial charge in [0.25, 0.3) is 5.91 Å². The van der Waals surface area contributed by atoms with Crippen LogP contribution in [0.2, 0.25) is 10.0 Å². The first-order valence-corrected chi connectivity index (χ1v) is 8.67. The number of rotatable bonds is 5. The molecule has 1 N–H and O–H groups in total. The summed E-state index contributed by atoms with van der Waals surface area (Å²) in [4.78, 5) is 24.2. The van der Waals surface area contributed by atoms with Crippen molar-refractivity contribution in [2.45, 2.75) is 45.1 Å². The number of carbonyl (C=O) groups excluding carboxylic acids is 2. The molecule has 0 aromatic heterocycles. The van der Waals surface area contributed by atoms with Crippen molar-refractivity contribution < 1.29 is 14.3 Å². The topological polar surface area (TPSA) is 55.4 Å². The molecule has 1 unspecified atom stereocenters. The molecule has 126 valence electrons. The summed E-state index contributed by atoms with van der Waals surface area (Å²) in [5.41, 5.74) is 0.158. The quantitative estimate of drug-likeness (QED) is 0.802. The molecule has 0 saturated heterocycles. The first kappa shape index (κ1) is 18.1. The molecule has 1 aromatic carbocycles. The molecular formula is C17H21Cl2NO3. The van der Waals surface area contributed by atoms with E-state index < -0.39 is 12.1 Å². The van der Waals surface area contributed by atoms with Gasteiger partial charge in [-0.15, -0.1) is 0 Å². The molecule has 0 radical (unpaired) electrons. The van der Waals surface area contributed by atoms with E-state index >= 15 is 0 Å². The third kappa shape index (κ3) is 5.11. The molecule has 0 heterocycles. The molecule has 23 heavy (non-hydrogen) atoms. The van der Waals surface area contributed by atoms with Crippen molar-refractivity contribution in [1.29, 1.82) is 0 Å². The van der Waals surface area contributed by atoms with Crippen LogP contribution >= 0.6 is 23.2 Å². The van der Waals surface area contributed by atoms with E-state index in [2.05, 4.69) is 5.32 Å². The largest absolute Gasteiger partial charge is 0.449 e. The zero-order valence-electron chi connectivity index (χ0n) is 13.1. The minimum atomic E-state index is -0.874. The Morgan fingerprint density at radius 2 is 1.96 bits per heavy atom. The standard InChI is InChI=1S/C17H21Cl2NO3/c1-11(16(21)20-10-12-6-3-2-4-7-12)23-17(22)13-8-5-9-14(18)15(13)19/h5,8-9,11-12H,2-4,6-7,10H2,1H3,(H,20,21). The van der Waals surface area contributed by atoms with Crippen molar-refractivity contribution in [1.82, 2.24) is 5.32 Å².